The van der Waals surface area contributed by atoms with Gasteiger partial charge in [-0.15, -0.1) is 0 Å². The van der Waals surface area contributed by atoms with E-state index in [-0.39, 0.29) is 17.5 Å². The number of Topliss-reactive ketones (excluding diaryl/α,β-unsaturated/α-hetero) is 1. The third-order valence-electron chi connectivity index (χ3n) is 3.44. The molecule has 1 aliphatic rings. The number of hydrogen-bond acceptors (Lipinski definition) is 1. The molecule has 0 bridgehead atoms. The number of carbonyl (C=O) groups excluding carboxylic acids is 1. The lowest BCUT2D eigenvalue weighted by Gasteiger charge is -2.14. The number of ketones is 1. The zero-order chi connectivity index (χ0) is 12.3. The second-order valence-electron chi connectivity index (χ2n) is 4.67. The fourth-order valence-electron chi connectivity index (χ4n) is 2.42. The van der Waals surface area contributed by atoms with Gasteiger partial charge in [0.25, 0.3) is 0 Å². The smallest absolute Gasteiger partial charge is 0.136 e. The molecule has 0 aromatic heterocycles. The molecule has 1 aromatic rings. The van der Waals surface area contributed by atoms with Crippen LogP contribution in [0, 0.1) is 11.7 Å². The van der Waals surface area contributed by atoms with Gasteiger partial charge in [-0.2, -0.15) is 0 Å². The zero-order valence-electron chi connectivity index (χ0n) is 9.72. The summed E-state index contributed by atoms with van der Waals surface area (Å²) in [7, 11) is 0. The van der Waals surface area contributed by atoms with E-state index in [1.54, 1.807) is 12.1 Å². The third-order valence-corrected chi connectivity index (χ3v) is 3.80. The highest BCUT2D eigenvalue weighted by Gasteiger charge is 2.23. The van der Waals surface area contributed by atoms with Gasteiger partial charge in [0.2, 0.25) is 0 Å². The van der Waals surface area contributed by atoms with Crippen molar-refractivity contribution < 1.29 is 9.18 Å². The van der Waals surface area contributed by atoms with Crippen LogP contribution in [0.3, 0.4) is 0 Å². The quantitative estimate of drug-likeness (QED) is 0.724. The molecule has 1 fully saturated rings. The number of carbonyl (C=O) groups is 1. The first-order valence-corrected chi connectivity index (χ1v) is 6.52. The lowest BCUT2D eigenvalue weighted by atomic mass is 9.91. The molecule has 17 heavy (non-hydrogen) atoms. The first-order valence-electron chi connectivity index (χ1n) is 6.14. The van der Waals surface area contributed by atoms with Crippen molar-refractivity contribution in [1.82, 2.24) is 0 Å². The molecule has 0 radical (unpaired) electrons. The summed E-state index contributed by atoms with van der Waals surface area (Å²) in [4.78, 5) is 11.9. The molecule has 3 heteroatoms. The predicted octanol–water partition coefficient (Wildman–Crippen LogP) is 4.17. The Bertz CT molecular complexity index is 396. The molecule has 0 heterocycles. The van der Waals surface area contributed by atoms with Crippen LogP contribution >= 0.6 is 11.6 Å². The molecule has 0 N–H and O–H groups in total. The van der Waals surface area contributed by atoms with Crippen molar-refractivity contribution in [2.45, 2.75) is 38.5 Å². The van der Waals surface area contributed by atoms with E-state index in [4.69, 9.17) is 11.6 Å². The second-order valence-corrected chi connectivity index (χ2v) is 5.07. The first kappa shape index (κ1) is 12.6. The molecule has 2 rings (SSSR count). The summed E-state index contributed by atoms with van der Waals surface area (Å²) < 4.78 is 13.6. The van der Waals surface area contributed by atoms with Gasteiger partial charge < -0.3 is 0 Å². The molecular weight excluding hydrogens is 239 g/mol. The van der Waals surface area contributed by atoms with Gasteiger partial charge in [-0.1, -0.05) is 30.5 Å². The number of benzene rings is 1. The van der Waals surface area contributed by atoms with Crippen LogP contribution in [0.25, 0.3) is 0 Å². The van der Waals surface area contributed by atoms with Gasteiger partial charge >= 0.3 is 0 Å². The minimum Gasteiger partial charge on any atom is -0.299 e. The van der Waals surface area contributed by atoms with Crippen molar-refractivity contribution in [2.75, 3.05) is 0 Å². The van der Waals surface area contributed by atoms with Crippen molar-refractivity contribution in [3.8, 4) is 0 Å². The van der Waals surface area contributed by atoms with E-state index >= 15 is 0 Å². The molecule has 0 aliphatic heterocycles. The first-order chi connectivity index (χ1) is 8.18. The van der Waals surface area contributed by atoms with Gasteiger partial charge in [0.1, 0.15) is 11.6 Å². The summed E-state index contributed by atoms with van der Waals surface area (Å²) in [5.41, 5.74) is 0.495. The molecule has 0 saturated heterocycles. The zero-order valence-corrected chi connectivity index (χ0v) is 10.5. The van der Waals surface area contributed by atoms with Crippen LogP contribution in [0.4, 0.5) is 4.39 Å². The Morgan fingerprint density at radius 1 is 1.29 bits per heavy atom. The fraction of sp³-hybridized carbons (Fsp3) is 0.500. The van der Waals surface area contributed by atoms with Gasteiger partial charge in [-0.25, -0.2) is 4.39 Å². The number of hydrogen-bond donors (Lipinski definition) is 0. The Morgan fingerprint density at radius 3 is 2.88 bits per heavy atom. The highest BCUT2D eigenvalue weighted by Crippen LogP contribution is 2.28. The number of halogens is 2. The summed E-state index contributed by atoms with van der Waals surface area (Å²) in [5, 5.41) is 0.432. The summed E-state index contributed by atoms with van der Waals surface area (Å²) in [6.07, 6.45) is 5.08. The molecule has 1 nitrogen and oxygen atoms in total. The molecule has 1 aliphatic carbocycles. The Labute approximate surface area is 106 Å². The lowest BCUT2D eigenvalue weighted by molar-refractivity contribution is -0.122. The average molecular weight is 255 g/mol. The molecule has 0 amide bonds. The van der Waals surface area contributed by atoms with E-state index in [0.29, 0.717) is 23.4 Å². The monoisotopic (exact) mass is 254 g/mol. The van der Waals surface area contributed by atoms with Crippen LogP contribution < -0.4 is 0 Å². The molecule has 1 saturated carbocycles. The van der Waals surface area contributed by atoms with Gasteiger partial charge in [0.05, 0.1) is 0 Å². The normalized spacial score (nSPS) is 21.3. The summed E-state index contributed by atoms with van der Waals surface area (Å²) in [6, 6.07) is 4.68. The summed E-state index contributed by atoms with van der Waals surface area (Å²) in [5.74, 6) is -0.0803. The second kappa shape index (κ2) is 5.63. The molecular formula is C14H16ClFO. The Morgan fingerprint density at radius 2 is 2.12 bits per heavy atom. The predicted molar refractivity (Wildman–Crippen MR) is 66.7 cm³/mol. The van der Waals surface area contributed by atoms with Crippen LogP contribution in [0.5, 0.6) is 0 Å². The van der Waals surface area contributed by atoms with Gasteiger partial charge in [0, 0.05) is 22.9 Å². The van der Waals surface area contributed by atoms with Crippen molar-refractivity contribution in [1.29, 1.82) is 0 Å². The van der Waals surface area contributed by atoms with Crippen LogP contribution in [0.15, 0.2) is 18.2 Å². The SMILES string of the molecule is O=C1CCCCCC1Cc1c(F)cccc1Cl. The third kappa shape index (κ3) is 3.06. The van der Waals surface area contributed by atoms with Crippen molar-refractivity contribution in [3.05, 3.63) is 34.6 Å². The van der Waals surface area contributed by atoms with E-state index in [1.807, 2.05) is 0 Å². The van der Waals surface area contributed by atoms with Crippen LogP contribution in [0.2, 0.25) is 5.02 Å². The van der Waals surface area contributed by atoms with E-state index in [1.165, 1.54) is 6.07 Å². The largest absolute Gasteiger partial charge is 0.299 e. The van der Waals surface area contributed by atoms with E-state index < -0.39 is 0 Å². The standard InChI is InChI=1S/C14H16ClFO/c15-12-6-4-7-13(16)11(12)9-10-5-2-1-3-8-14(10)17/h4,6-7,10H,1-3,5,8-9H2. The van der Waals surface area contributed by atoms with Crippen LogP contribution in [-0.2, 0) is 11.2 Å². The van der Waals surface area contributed by atoms with Gasteiger partial charge in [-0.3, -0.25) is 4.79 Å². The average Bonchev–Trinajstić information content (AvgIpc) is 2.49. The van der Waals surface area contributed by atoms with Crippen molar-refractivity contribution >= 4 is 17.4 Å². The van der Waals surface area contributed by atoms with E-state index in [9.17, 15) is 9.18 Å². The molecule has 1 aromatic carbocycles. The maximum atomic E-state index is 13.6. The molecule has 0 spiro atoms. The van der Waals surface area contributed by atoms with Gasteiger partial charge in [0.15, 0.2) is 0 Å². The Kier molecular flexibility index (Phi) is 4.16. The molecule has 1 unspecified atom stereocenters. The van der Waals surface area contributed by atoms with E-state index in [2.05, 4.69) is 0 Å². The van der Waals surface area contributed by atoms with Crippen LogP contribution in [0.1, 0.15) is 37.7 Å². The topological polar surface area (TPSA) is 17.1 Å². The van der Waals surface area contributed by atoms with Crippen molar-refractivity contribution in [3.63, 3.8) is 0 Å². The number of rotatable bonds is 2. The maximum Gasteiger partial charge on any atom is 0.136 e. The summed E-state index contributed by atoms with van der Waals surface area (Å²) in [6.45, 7) is 0. The Hall–Kier alpha value is -0.890. The van der Waals surface area contributed by atoms with E-state index in [0.717, 1.165) is 25.7 Å². The maximum absolute atomic E-state index is 13.6. The minimum atomic E-state index is -0.297. The summed E-state index contributed by atoms with van der Waals surface area (Å²) >= 11 is 5.99. The Balaban J connectivity index is 2.16. The highest BCUT2D eigenvalue weighted by molar-refractivity contribution is 6.31. The minimum absolute atomic E-state index is 0.0492. The fourth-order valence-corrected chi connectivity index (χ4v) is 2.66. The highest BCUT2D eigenvalue weighted by atomic mass is 35.5. The van der Waals surface area contributed by atoms with Crippen LogP contribution in [-0.4, -0.2) is 5.78 Å². The van der Waals surface area contributed by atoms with Crippen molar-refractivity contribution in [2.24, 2.45) is 5.92 Å². The lowest BCUT2D eigenvalue weighted by Crippen LogP contribution is -2.16. The van der Waals surface area contributed by atoms with Gasteiger partial charge in [-0.05, 0) is 31.4 Å². The molecule has 1 atom stereocenters. The molecule has 92 valence electrons.